The van der Waals surface area contributed by atoms with Crippen LogP contribution in [0.15, 0.2) is 38.5 Å². The van der Waals surface area contributed by atoms with Gasteiger partial charge in [-0.1, -0.05) is 22.0 Å². The number of benzene rings is 1. The normalized spacial score (nSPS) is 10.6. The Balaban J connectivity index is 2.31. The summed E-state index contributed by atoms with van der Waals surface area (Å²) in [7, 11) is 3.12. The van der Waals surface area contributed by atoms with Crippen LogP contribution in [0.5, 0.6) is 0 Å². The quantitative estimate of drug-likeness (QED) is 0.928. The molecule has 0 bridgehead atoms. The fourth-order valence-corrected chi connectivity index (χ4v) is 2.36. The first-order valence-electron chi connectivity index (χ1n) is 6.16. The van der Waals surface area contributed by atoms with Gasteiger partial charge in [-0.25, -0.2) is 4.79 Å². The average Bonchev–Trinajstić information content (AvgIpc) is 2.43. The van der Waals surface area contributed by atoms with Gasteiger partial charge in [0, 0.05) is 37.0 Å². The Morgan fingerprint density at radius 2 is 1.95 bits per heavy atom. The van der Waals surface area contributed by atoms with Crippen molar-refractivity contribution in [1.29, 1.82) is 0 Å². The van der Waals surface area contributed by atoms with Crippen molar-refractivity contribution in [3.63, 3.8) is 0 Å². The predicted molar refractivity (Wildman–Crippen MR) is 83.1 cm³/mol. The van der Waals surface area contributed by atoms with Crippen molar-refractivity contribution in [2.24, 2.45) is 14.1 Å². The van der Waals surface area contributed by atoms with E-state index in [2.05, 4.69) is 21.2 Å². The number of aryl methyl sites for hydroxylation is 1. The molecule has 1 N–H and O–H groups in total. The summed E-state index contributed by atoms with van der Waals surface area (Å²) in [5.74, 6) is 0. The van der Waals surface area contributed by atoms with Crippen molar-refractivity contribution in [2.45, 2.75) is 13.5 Å². The van der Waals surface area contributed by atoms with E-state index in [4.69, 9.17) is 0 Å². The number of anilines is 1. The third kappa shape index (κ3) is 2.70. The molecule has 20 heavy (non-hydrogen) atoms. The van der Waals surface area contributed by atoms with Crippen LogP contribution in [0.3, 0.4) is 0 Å². The Hall–Kier alpha value is -1.82. The molecule has 0 aliphatic rings. The number of nitrogens with zero attached hydrogens (tertiary/aromatic N) is 2. The summed E-state index contributed by atoms with van der Waals surface area (Å²) in [5, 5.41) is 3.23. The first-order chi connectivity index (χ1) is 9.41. The molecule has 6 heteroatoms. The van der Waals surface area contributed by atoms with E-state index in [1.54, 1.807) is 13.2 Å². The maximum absolute atomic E-state index is 12.0. The number of hydrogen-bond acceptors (Lipinski definition) is 3. The SMILES string of the molecule is Cc1c(Br)cccc1NCc1cn(C)c(=O)n(C)c1=O. The van der Waals surface area contributed by atoms with Gasteiger partial charge in [0.25, 0.3) is 5.56 Å². The summed E-state index contributed by atoms with van der Waals surface area (Å²) in [6.45, 7) is 2.36. The summed E-state index contributed by atoms with van der Waals surface area (Å²) in [5.41, 5.74) is 1.99. The molecule has 2 rings (SSSR count). The molecule has 0 amide bonds. The molecular formula is C14H16BrN3O2. The highest BCUT2D eigenvalue weighted by molar-refractivity contribution is 9.10. The Morgan fingerprint density at radius 1 is 1.25 bits per heavy atom. The molecule has 0 spiro atoms. The summed E-state index contributed by atoms with van der Waals surface area (Å²) in [4.78, 5) is 23.6. The van der Waals surface area contributed by atoms with Gasteiger partial charge in [0.15, 0.2) is 0 Å². The maximum Gasteiger partial charge on any atom is 0.330 e. The van der Waals surface area contributed by atoms with Gasteiger partial charge < -0.3 is 9.88 Å². The van der Waals surface area contributed by atoms with Crippen molar-refractivity contribution in [3.05, 3.63) is 60.8 Å². The van der Waals surface area contributed by atoms with Crippen molar-refractivity contribution in [1.82, 2.24) is 9.13 Å². The standard InChI is InChI=1S/C14H16BrN3O2/c1-9-11(15)5-4-6-12(9)16-7-10-8-17(2)14(20)18(3)13(10)19/h4-6,8,16H,7H2,1-3H3. The molecule has 0 saturated carbocycles. The molecule has 0 aliphatic carbocycles. The highest BCUT2D eigenvalue weighted by Gasteiger charge is 2.07. The fraction of sp³-hybridized carbons (Fsp3) is 0.286. The van der Waals surface area contributed by atoms with Crippen molar-refractivity contribution in [3.8, 4) is 0 Å². The van der Waals surface area contributed by atoms with Gasteiger partial charge in [-0.15, -0.1) is 0 Å². The number of aromatic nitrogens is 2. The zero-order chi connectivity index (χ0) is 14.9. The molecule has 1 heterocycles. The summed E-state index contributed by atoms with van der Waals surface area (Å²) < 4.78 is 3.53. The van der Waals surface area contributed by atoms with Crippen LogP contribution in [-0.2, 0) is 20.6 Å². The van der Waals surface area contributed by atoms with Crippen LogP contribution in [0, 0.1) is 6.92 Å². The van der Waals surface area contributed by atoms with Gasteiger partial charge in [-0.05, 0) is 24.6 Å². The Morgan fingerprint density at radius 3 is 2.65 bits per heavy atom. The smallest absolute Gasteiger partial charge is 0.330 e. The molecule has 0 unspecified atom stereocenters. The molecule has 2 aromatic rings. The fourth-order valence-electron chi connectivity index (χ4n) is 1.99. The van der Waals surface area contributed by atoms with E-state index < -0.39 is 0 Å². The zero-order valence-corrected chi connectivity index (χ0v) is 13.2. The van der Waals surface area contributed by atoms with Crippen molar-refractivity contribution in [2.75, 3.05) is 5.32 Å². The Bertz CT molecular complexity index is 762. The molecule has 0 saturated heterocycles. The monoisotopic (exact) mass is 337 g/mol. The van der Waals surface area contributed by atoms with E-state index >= 15 is 0 Å². The second-order valence-electron chi connectivity index (χ2n) is 4.68. The van der Waals surface area contributed by atoms with Crippen LogP contribution in [0.25, 0.3) is 0 Å². The number of nitrogens with one attached hydrogen (secondary N) is 1. The molecule has 0 atom stereocenters. The van der Waals surface area contributed by atoms with E-state index in [1.165, 1.54) is 11.6 Å². The molecule has 5 nitrogen and oxygen atoms in total. The van der Waals surface area contributed by atoms with Crippen molar-refractivity contribution < 1.29 is 0 Å². The van der Waals surface area contributed by atoms with E-state index in [9.17, 15) is 9.59 Å². The first kappa shape index (κ1) is 14.6. The van der Waals surface area contributed by atoms with Crippen LogP contribution >= 0.6 is 15.9 Å². The minimum atomic E-state index is -0.322. The lowest BCUT2D eigenvalue weighted by Gasteiger charge is -2.11. The maximum atomic E-state index is 12.0. The minimum absolute atomic E-state index is 0.270. The van der Waals surface area contributed by atoms with E-state index in [-0.39, 0.29) is 11.2 Å². The Labute approximate surface area is 125 Å². The topological polar surface area (TPSA) is 56.0 Å². The summed E-state index contributed by atoms with van der Waals surface area (Å²) >= 11 is 3.47. The second kappa shape index (κ2) is 5.66. The molecule has 0 fully saturated rings. The Kier molecular flexibility index (Phi) is 4.13. The van der Waals surface area contributed by atoms with E-state index in [0.717, 1.165) is 20.3 Å². The van der Waals surface area contributed by atoms with Gasteiger partial charge in [-0.2, -0.15) is 0 Å². The molecular weight excluding hydrogens is 322 g/mol. The summed E-state index contributed by atoms with van der Waals surface area (Å²) in [6.07, 6.45) is 1.57. The molecule has 1 aromatic carbocycles. The van der Waals surface area contributed by atoms with Crippen LogP contribution < -0.4 is 16.6 Å². The van der Waals surface area contributed by atoms with E-state index in [0.29, 0.717) is 12.1 Å². The van der Waals surface area contributed by atoms with Crippen LogP contribution in [-0.4, -0.2) is 9.13 Å². The van der Waals surface area contributed by atoms with Gasteiger partial charge in [0.05, 0.1) is 5.56 Å². The predicted octanol–water partition coefficient (Wildman–Crippen LogP) is 1.77. The van der Waals surface area contributed by atoms with E-state index in [1.807, 2.05) is 25.1 Å². The molecule has 1 aromatic heterocycles. The molecule has 106 valence electrons. The zero-order valence-electron chi connectivity index (χ0n) is 11.6. The lowest BCUT2D eigenvalue weighted by Crippen LogP contribution is -2.38. The van der Waals surface area contributed by atoms with Crippen LogP contribution in [0.4, 0.5) is 5.69 Å². The number of hydrogen-bond donors (Lipinski definition) is 1. The van der Waals surface area contributed by atoms with Crippen molar-refractivity contribution >= 4 is 21.6 Å². The number of halogens is 1. The first-order valence-corrected chi connectivity index (χ1v) is 6.95. The van der Waals surface area contributed by atoms with Gasteiger partial charge in [0.2, 0.25) is 0 Å². The minimum Gasteiger partial charge on any atom is -0.380 e. The third-order valence-electron chi connectivity index (χ3n) is 3.25. The third-order valence-corrected chi connectivity index (χ3v) is 4.11. The van der Waals surface area contributed by atoms with Gasteiger partial charge in [0.1, 0.15) is 0 Å². The largest absolute Gasteiger partial charge is 0.380 e. The number of rotatable bonds is 3. The lowest BCUT2D eigenvalue weighted by molar-refractivity contribution is 0.671. The van der Waals surface area contributed by atoms with Crippen LogP contribution in [0.2, 0.25) is 0 Å². The molecule has 0 aliphatic heterocycles. The average molecular weight is 338 g/mol. The van der Waals surface area contributed by atoms with Gasteiger partial charge in [-0.3, -0.25) is 9.36 Å². The van der Waals surface area contributed by atoms with Gasteiger partial charge >= 0.3 is 5.69 Å². The lowest BCUT2D eigenvalue weighted by atomic mass is 10.2. The highest BCUT2D eigenvalue weighted by Crippen LogP contribution is 2.23. The summed E-state index contributed by atoms with van der Waals surface area (Å²) in [6, 6.07) is 5.84. The highest BCUT2D eigenvalue weighted by atomic mass is 79.9. The molecule has 0 radical (unpaired) electrons. The second-order valence-corrected chi connectivity index (χ2v) is 5.53. The van der Waals surface area contributed by atoms with Crippen LogP contribution in [0.1, 0.15) is 11.1 Å².